The number of anilines is 1. The van der Waals surface area contributed by atoms with Crippen LogP contribution in [0, 0.1) is 0 Å². The number of benzene rings is 2. The maximum Gasteiger partial charge on any atom is 0.292 e. The number of likely N-dealkylation sites (tertiary alicyclic amines) is 1. The van der Waals surface area contributed by atoms with E-state index in [0.717, 1.165) is 25.9 Å². The average molecular weight is 614 g/mol. The molecule has 5 rings (SSSR count). The molecule has 1 aliphatic rings. The van der Waals surface area contributed by atoms with E-state index in [1.807, 2.05) is 6.92 Å². The summed E-state index contributed by atoms with van der Waals surface area (Å²) >= 11 is 12.5. The molecule has 3 N–H and O–H groups in total. The summed E-state index contributed by atoms with van der Waals surface area (Å²) in [5, 5.41) is 20.9. The molecule has 0 radical (unpaired) electrons. The van der Waals surface area contributed by atoms with Gasteiger partial charge in [0.15, 0.2) is 17.2 Å². The number of hydrazone groups is 1. The molecule has 13 nitrogen and oxygen atoms in total. The molecule has 2 aromatic heterocycles. The van der Waals surface area contributed by atoms with Gasteiger partial charge < -0.3 is 15.2 Å². The predicted molar refractivity (Wildman–Crippen MR) is 156 cm³/mol. The number of nitrogens with two attached hydrogens (primary N) is 1. The Balaban J connectivity index is 1.32. The smallest absolute Gasteiger partial charge is 0.292 e. The van der Waals surface area contributed by atoms with Gasteiger partial charge in [-0.15, -0.1) is 5.10 Å². The maximum atomic E-state index is 13.4. The molecule has 0 unspecified atom stereocenters. The van der Waals surface area contributed by atoms with Crippen molar-refractivity contribution in [1.29, 1.82) is 0 Å². The summed E-state index contributed by atoms with van der Waals surface area (Å²) in [5.41, 5.74) is 10.4. The van der Waals surface area contributed by atoms with Crippen molar-refractivity contribution in [3.8, 4) is 17.3 Å². The van der Waals surface area contributed by atoms with Crippen LogP contribution in [0.15, 0.2) is 46.1 Å². The van der Waals surface area contributed by atoms with E-state index < -0.39 is 5.91 Å². The summed E-state index contributed by atoms with van der Waals surface area (Å²) in [5.74, 6) is 0.495. The standard InChI is InChI=1S/C27H29Cl2N9O4/c1-2-40-23-13-17(9-10-22(23)41-16-18-19(28)7-6-8-20(18)29)14-31-33-27(39)24-21(15-37-11-4-3-5-12-37)32-36-38(24)26-25(30)34-42-35-26/h6-10,13-14H,2-5,11-12,15-16H2,1H3,(H2,30,34)(H,33,39)/b31-14-. The van der Waals surface area contributed by atoms with Gasteiger partial charge in [0.25, 0.3) is 5.91 Å². The van der Waals surface area contributed by atoms with E-state index >= 15 is 0 Å². The summed E-state index contributed by atoms with van der Waals surface area (Å²) < 4.78 is 17.6. The predicted octanol–water partition coefficient (Wildman–Crippen LogP) is 4.27. The number of piperidine rings is 1. The molecule has 15 heteroatoms. The molecular weight excluding hydrogens is 585 g/mol. The van der Waals surface area contributed by atoms with Crippen molar-refractivity contribution in [2.75, 3.05) is 25.4 Å². The number of nitrogen functional groups attached to an aromatic ring is 1. The van der Waals surface area contributed by atoms with Crippen LogP contribution in [0.2, 0.25) is 10.0 Å². The molecule has 220 valence electrons. The molecule has 0 saturated carbocycles. The van der Waals surface area contributed by atoms with Crippen LogP contribution in [0.25, 0.3) is 5.82 Å². The second kappa shape index (κ2) is 13.6. The molecule has 3 heterocycles. The number of rotatable bonds is 11. The minimum Gasteiger partial charge on any atom is -0.490 e. The Hall–Kier alpha value is -4.20. The van der Waals surface area contributed by atoms with Crippen LogP contribution in [0.3, 0.4) is 0 Å². The number of halogens is 2. The van der Waals surface area contributed by atoms with Crippen molar-refractivity contribution in [2.45, 2.75) is 39.3 Å². The van der Waals surface area contributed by atoms with E-state index in [1.54, 1.807) is 36.4 Å². The molecule has 0 spiro atoms. The highest BCUT2D eigenvalue weighted by Gasteiger charge is 2.26. The number of ether oxygens (including phenoxy) is 2. The lowest BCUT2D eigenvalue weighted by atomic mass is 10.1. The lowest BCUT2D eigenvalue weighted by Gasteiger charge is -2.25. The van der Waals surface area contributed by atoms with Gasteiger partial charge in [-0.2, -0.15) is 9.78 Å². The quantitative estimate of drug-likeness (QED) is 0.185. The SMILES string of the molecule is CCOc1cc(/C=N\NC(=O)c2c(CN3CCCCC3)nnn2-c2nonc2N)ccc1OCc1c(Cl)cccc1Cl. The molecule has 1 amide bonds. The van der Waals surface area contributed by atoms with E-state index in [9.17, 15) is 4.79 Å². The van der Waals surface area contributed by atoms with E-state index in [4.69, 9.17) is 43.0 Å². The van der Waals surface area contributed by atoms with E-state index in [0.29, 0.717) is 51.5 Å². The second-order valence-electron chi connectivity index (χ2n) is 9.43. The highest BCUT2D eigenvalue weighted by molar-refractivity contribution is 6.35. The molecule has 1 saturated heterocycles. The van der Waals surface area contributed by atoms with Gasteiger partial charge in [-0.3, -0.25) is 9.69 Å². The Labute approximate surface area is 251 Å². The van der Waals surface area contributed by atoms with Crippen LogP contribution >= 0.6 is 23.2 Å². The van der Waals surface area contributed by atoms with Crippen LogP contribution in [-0.4, -0.2) is 62.0 Å². The molecule has 42 heavy (non-hydrogen) atoms. The number of amides is 1. The lowest BCUT2D eigenvalue weighted by Crippen LogP contribution is -2.31. The fourth-order valence-electron chi connectivity index (χ4n) is 4.49. The highest BCUT2D eigenvalue weighted by Crippen LogP contribution is 2.31. The molecule has 1 aliphatic heterocycles. The number of carbonyl (C=O) groups is 1. The van der Waals surface area contributed by atoms with Gasteiger partial charge in [0.05, 0.1) is 12.8 Å². The minimum absolute atomic E-state index is 0.0236. The van der Waals surface area contributed by atoms with Crippen molar-refractivity contribution < 1.29 is 18.9 Å². The van der Waals surface area contributed by atoms with Gasteiger partial charge in [-0.25, -0.2) is 10.1 Å². The number of nitrogens with zero attached hydrogens (tertiary/aromatic N) is 7. The normalized spacial score (nSPS) is 13.9. The van der Waals surface area contributed by atoms with Crippen molar-refractivity contribution in [3.63, 3.8) is 0 Å². The summed E-state index contributed by atoms with van der Waals surface area (Å²) in [4.78, 5) is 15.6. The van der Waals surface area contributed by atoms with Crippen molar-refractivity contribution in [1.82, 2.24) is 35.6 Å². The summed E-state index contributed by atoms with van der Waals surface area (Å²) in [6.45, 7) is 4.70. The van der Waals surface area contributed by atoms with Gasteiger partial charge in [0.1, 0.15) is 12.3 Å². The summed E-state index contributed by atoms with van der Waals surface area (Å²) in [6.07, 6.45) is 4.84. The van der Waals surface area contributed by atoms with Gasteiger partial charge in [0.2, 0.25) is 11.6 Å². The first kappa shape index (κ1) is 29.3. The van der Waals surface area contributed by atoms with Crippen LogP contribution < -0.4 is 20.6 Å². The Morgan fingerprint density at radius 3 is 2.62 bits per heavy atom. The van der Waals surface area contributed by atoms with Gasteiger partial charge in [-0.1, -0.05) is 40.9 Å². The third-order valence-electron chi connectivity index (χ3n) is 6.55. The number of aromatic nitrogens is 5. The minimum atomic E-state index is -0.549. The molecule has 2 aromatic carbocycles. The Morgan fingerprint density at radius 1 is 1.12 bits per heavy atom. The van der Waals surface area contributed by atoms with E-state index in [2.05, 4.69) is 36.1 Å². The van der Waals surface area contributed by atoms with Crippen LogP contribution in [-0.2, 0) is 13.2 Å². The first-order chi connectivity index (χ1) is 20.4. The average Bonchev–Trinajstić information content (AvgIpc) is 3.60. The number of carbonyl (C=O) groups excluding carboxylic acids is 1. The van der Waals surface area contributed by atoms with E-state index in [-0.39, 0.29) is 23.9 Å². The van der Waals surface area contributed by atoms with Crippen molar-refractivity contribution in [2.24, 2.45) is 5.10 Å². The summed E-state index contributed by atoms with van der Waals surface area (Å²) in [7, 11) is 0. The van der Waals surface area contributed by atoms with E-state index in [1.165, 1.54) is 17.3 Å². The maximum absolute atomic E-state index is 13.4. The Bertz CT molecular complexity index is 1550. The van der Waals surface area contributed by atoms with Crippen LogP contribution in [0.1, 0.15) is 53.5 Å². The molecule has 4 aromatic rings. The highest BCUT2D eigenvalue weighted by atomic mass is 35.5. The fraction of sp³-hybridized carbons (Fsp3) is 0.333. The zero-order valence-electron chi connectivity index (χ0n) is 22.8. The topological polar surface area (TPSA) is 159 Å². The zero-order chi connectivity index (χ0) is 29.5. The molecule has 0 bridgehead atoms. The third kappa shape index (κ3) is 6.81. The van der Waals surface area contributed by atoms with Gasteiger partial charge in [0, 0.05) is 22.2 Å². The van der Waals surface area contributed by atoms with Crippen LogP contribution in [0.5, 0.6) is 11.5 Å². The molecule has 0 atom stereocenters. The number of nitrogens with one attached hydrogen (secondary N) is 1. The Morgan fingerprint density at radius 2 is 1.90 bits per heavy atom. The second-order valence-corrected chi connectivity index (χ2v) is 10.2. The van der Waals surface area contributed by atoms with Gasteiger partial charge in [-0.05, 0) is 79.1 Å². The molecular formula is C27H29Cl2N9O4. The first-order valence-electron chi connectivity index (χ1n) is 13.4. The van der Waals surface area contributed by atoms with Crippen molar-refractivity contribution >= 4 is 41.1 Å². The summed E-state index contributed by atoms with van der Waals surface area (Å²) in [6, 6.07) is 10.5. The molecule has 0 aliphatic carbocycles. The number of hydrogen-bond donors (Lipinski definition) is 2. The fourth-order valence-corrected chi connectivity index (χ4v) is 5.00. The first-order valence-corrected chi connectivity index (χ1v) is 14.1. The van der Waals surface area contributed by atoms with Crippen LogP contribution in [0.4, 0.5) is 5.82 Å². The third-order valence-corrected chi connectivity index (χ3v) is 7.26. The Kier molecular flexibility index (Phi) is 9.52. The van der Waals surface area contributed by atoms with Crippen molar-refractivity contribution in [3.05, 3.63) is 69.0 Å². The largest absolute Gasteiger partial charge is 0.490 e. The lowest BCUT2D eigenvalue weighted by molar-refractivity contribution is 0.0944. The number of hydrogen-bond acceptors (Lipinski definition) is 11. The molecule has 1 fully saturated rings. The zero-order valence-corrected chi connectivity index (χ0v) is 24.3. The monoisotopic (exact) mass is 613 g/mol. The van der Waals surface area contributed by atoms with Gasteiger partial charge >= 0.3 is 0 Å².